The number of carbonyl (C=O) groups is 1. The zero-order valence-electron chi connectivity index (χ0n) is 13.0. The Kier molecular flexibility index (Phi) is 4.98. The van der Waals surface area contributed by atoms with Gasteiger partial charge in [-0.1, -0.05) is 0 Å². The van der Waals surface area contributed by atoms with Gasteiger partial charge in [0.15, 0.2) is 0 Å². The molecule has 0 aromatic heterocycles. The minimum atomic E-state index is -4.78. The fourth-order valence-electron chi connectivity index (χ4n) is 2.77. The molecule has 23 heavy (non-hydrogen) atoms. The first-order valence-corrected chi connectivity index (χ1v) is 7.37. The van der Waals surface area contributed by atoms with Gasteiger partial charge < -0.3 is 9.64 Å². The predicted octanol–water partition coefficient (Wildman–Crippen LogP) is 3.88. The number of hydrogen-bond donors (Lipinski definition) is 0. The molecule has 1 saturated heterocycles. The number of carbonyl (C=O) groups excluding carboxylic acids is 1. The number of ether oxygens (including phenoxy) is 1. The maximum absolute atomic E-state index is 13.2. The maximum Gasteiger partial charge on any atom is 0.417 e. The van der Waals surface area contributed by atoms with E-state index in [0.717, 1.165) is 18.6 Å². The Morgan fingerprint density at radius 3 is 2.57 bits per heavy atom. The van der Waals surface area contributed by atoms with E-state index < -0.39 is 29.0 Å². The average molecular weight is 333 g/mol. The van der Waals surface area contributed by atoms with Crippen LogP contribution in [0.5, 0.6) is 0 Å². The lowest BCUT2D eigenvalue weighted by Crippen LogP contribution is -2.35. The molecule has 0 radical (unpaired) electrons. The van der Waals surface area contributed by atoms with Crippen molar-refractivity contribution in [2.24, 2.45) is 0 Å². The summed E-state index contributed by atoms with van der Waals surface area (Å²) in [4.78, 5) is 13.9. The van der Waals surface area contributed by atoms with Crippen LogP contribution in [0.15, 0.2) is 18.2 Å². The number of likely N-dealkylation sites (tertiary alicyclic amines) is 1. The predicted molar refractivity (Wildman–Crippen MR) is 76.6 cm³/mol. The molecule has 0 bridgehead atoms. The highest BCUT2D eigenvalue weighted by Gasteiger charge is 2.37. The van der Waals surface area contributed by atoms with Crippen LogP contribution in [0, 0.1) is 5.82 Å². The van der Waals surface area contributed by atoms with Crippen molar-refractivity contribution in [1.29, 1.82) is 0 Å². The number of rotatable bonds is 2. The van der Waals surface area contributed by atoms with Crippen LogP contribution in [0.3, 0.4) is 0 Å². The van der Waals surface area contributed by atoms with Crippen LogP contribution in [0.4, 0.5) is 17.6 Å². The first kappa shape index (κ1) is 17.7. The third-order valence-electron chi connectivity index (χ3n) is 4.34. The van der Waals surface area contributed by atoms with E-state index in [2.05, 4.69) is 0 Å². The summed E-state index contributed by atoms with van der Waals surface area (Å²) in [6.07, 6.45) is -2.88. The summed E-state index contributed by atoms with van der Waals surface area (Å²) in [6, 6.07) is 2.14. The van der Waals surface area contributed by atoms with E-state index in [1.807, 2.05) is 6.92 Å². The highest BCUT2D eigenvalue weighted by molar-refractivity contribution is 5.96. The largest absolute Gasteiger partial charge is 0.417 e. The molecule has 1 heterocycles. The molecular formula is C16H19F4NO2. The summed E-state index contributed by atoms with van der Waals surface area (Å²) in [6.45, 7) is 2.57. The minimum absolute atomic E-state index is 0.303. The van der Waals surface area contributed by atoms with Crippen LogP contribution in [0.1, 0.15) is 42.1 Å². The molecule has 1 aromatic carbocycles. The number of amides is 1. The lowest BCUT2D eigenvalue weighted by molar-refractivity contribution is -0.138. The SMILES string of the molecule is CO[C@]1(C)CCCN(C(=O)c2ccc(F)cc2C(F)(F)F)CC1. The second kappa shape index (κ2) is 6.47. The fraction of sp³-hybridized carbons (Fsp3) is 0.562. The van der Waals surface area contributed by atoms with Crippen LogP contribution in [0.2, 0.25) is 0 Å². The summed E-state index contributed by atoms with van der Waals surface area (Å²) in [5, 5.41) is 0. The van der Waals surface area contributed by atoms with Crippen molar-refractivity contribution < 1.29 is 27.1 Å². The number of hydrogen-bond acceptors (Lipinski definition) is 2. The molecule has 0 spiro atoms. The van der Waals surface area contributed by atoms with Crippen LogP contribution >= 0.6 is 0 Å². The third kappa shape index (κ3) is 4.02. The topological polar surface area (TPSA) is 29.5 Å². The number of alkyl halides is 3. The van der Waals surface area contributed by atoms with Crippen LogP contribution in [-0.2, 0) is 10.9 Å². The molecule has 1 aliphatic heterocycles. The number of nitrogens with zero attached hydrogens (tertiary/aromatic N) is 1. The van der Waals surface area contributed by atoms with Crippen molar-refractivity contribution in [3.05, 3.63) is 35.1 Å². The quantitative estimate of drug-likeness (QED) is 0.769. The summed E-state index contributed by atoms with van der Waals surface area (Å²) >= 11 is 0. The monoisotopic (exact) mass is 333 g/mol. The van der Waals surface area contributed by atoms with E-state index in [1.54, 1.807) is 7.11 Å². The molecule has 7 heteroatoms. The fourth-order valence-corrected chi connectivity index (χ4v) is 2.77. The molecule has 1 amide bonds. The van der Waals surface area contributed by atoms with Gasteiger partial charge in [0.1, 0.15) is 5.82 Å². The second-order valence-corrected chi connectivity index (χ2v) is 5.99. The van der Waals surface area contributed by atoms with Gasteiger partial charge in [0.05, 0.1) is 16.7 Å². The van der Waals surface area contributed by atoms with E-state index in [0.29, 0.717) is 32.0 Å². The number of halogens is 4. The summed E-state index contributed by atoms with van der Waals surface area (Å²) in [7, 11) is 1.58. The minimum Gasteiger partial charge on any atom is -0.378 e. The highest BCUT2D eigenvalue weighted by Crippen LogP contribution is 2.34. The molecule has 3 nitrogen and oxygen atoms in total. The molecule has 0 saturated carbocycles. The first-order valence-electron chi connectivity index (χ1n) is 7.37. The average Bonchev–Trinajstić information content (AvgIpc) is 2.68. The van der Waals surface area contributed by atoms with E-state index in [-0.39, 0.29) is 5.60 Å². The summed E-state index contributed by atoms with van der Waals surface area (Å²) < 4.78 is 57.7. The maximum atomic E-state index is 13.2. The standard InChI is InChI=1S/C16H19F4NO2/c1-15(23-2)6-3-8-21(9-7-15)14(22)12-5-4-11(17)10-13(12)16(18,19)20/h4-5,10H,3,6-9H2,1-2H3/t15-/m1/s1. The summed E-state index contributed by atoms with van der Waals surface area (Å²) in [5.74, 6) is -1.74. The molecule has 0 aliphatic carbocycles. The Morgan fingerprint density at radius 2 is 1.96 bits per heavy atom. The van der Waals surface area contributed by atoms with Crippen LogP contribution in [0.25, 0.3) is 0 Å². The Bertz CT molecular complexity index is 588. The Balaban J connectivity index is 2.27. The van der Waals surface area contributed by atoms with Crippen molar-refractivity contribution in [1.82, 2.24) is 4.90 Å². The number of methoxy groups -OCH3 is 1. The molecule has 1 aromatic rings. The van der Waals surface area contributed by atoms with Gasteiger partial charge in [0.2, 0.25) is 0 Å². The summed E-state index contributed by atoms with van der Waals surface area (Å²) in [5.41, 5.74) is -2.13. The molecule has 1 fully saturated rings. The number of benzene rings is 1. The Hall–Kier alpha value is -1.63. The Morgan fingerprint density at radius 1 is 1.26 bits per heavy atom. The van der Waals surface area contributed by atoms with Gasteiger partial charge in [-0.25, -0.2) is 4.39 Å². The van der Waals surface area contributed by atoms with Crippen LogP contribution in [-0.4, -0.2) is 36.6 Å². The molecule has 0 unspecified atom stereocenters. The lowest BCUT2D eigenvalue weighted by atomic mass is 9.97. The van der Waals surface area contributed by atoms with Crippen molar-refractivity contribution in [2.45, 2.75) is 38.0 Å². The molecule has 0 N–H and O–H groups in total. The van der Waals surface area contributed by atoms with E-state index in [1.165, 1.54) is 4.90 Å². The van der Waals surface area contributed by atoms with Crippen molar-refractivity contribution >= 4 is 5.91 Å². The van der Waals surface area contributed by atoms with E-state index >= 15 is 0 Å². The molecule has 1 atom stereocenters. The smallest absolute Gasteiger partial charge is 0.378 e. The molecular weight excluding hydrogens is 314 g/mol. The van der Waals surface area contributed by atoms with Gasteiger partial charge in [-0.05, 0) is 44.4 Å². The molecule has 128 valence electrons. The van der Waals surface area contributed by atoms with E-state index in [4.69, 9.17) is 4.74 Å². The molecule has 1 aliphatic rings. The highest BCUT2D eigenvalue weighted by atomic mass is 19.4. The van der Waals surface area contributed by atoms with Gasteiger partial charge in [-0.3, -0.25) is 4.79 Å². The second-order valence-electron chi connectivity index (χ2n) is 5.99. The van der Waals surface area contributed by atoms with Crippen molar-refractivity contribution in [2.75, 3.05) is 20.2 Å². The van der Waals surface area contributed by atoms with Gasteiger partial charge in [-0.15, -0.1) is 0 Å². The van der Waals surface area contributed by atoms with Crippen molar-refractivity contribution in [3.8, 4) is 0 Å². The van der Waals surface area contributed by atoms with Gasteiger partial charge in [0.25, 0.3) is 5.91 Å². The van der Waals surface area contributed by atoms with Crippen molar-refractivity contribution in [3.63, 3.8) is 0 Å². The lowest BCUT2D eigenvalue weighted by Gasteiger charge is -2.27. The zero-order valence-corrected chi connectivity index (χ0v) is 13.0. The van der Waals surface area contributed by atoms with Gasteiger partial charge >= 0.3 is 6.18 Å². The van der Waals surface area contributed by atoms with Gasteiger partial charge in [0, 0.05) is 20.2 Å². The third-order valence-corrected chi connectivity index (χ3v) is 4.34. The van der Waals surface area contributed by atoms with E-state index in [9.17, 15) is 22.4 Å². The first-order chi connectivity index (χ1) is 10.7. The molecule has 2 rings (SSSR count). The van der Waals surface area contributed by atoms with Crippen LogP contribution < -0.4 is 0 Å². The zero-order chi connectivity index (χ0) is 17.3. The Labute approximate surface area is 132 Å². The van der Waals surface area contributed by atoms with Gasteiger partial charge in [-0.2, -0.15) is 13.2 Å². The normalized spacial score (nSPS) is 22.8.